The summed E-state index contributed by atoms with van der Waals surface area (Å²) >= 11 is 0. The molecule has 1 aromatic rings. The number of hydrogen-bond donors (Lipinski definition) is 2. The Morgan fingerprint density at radius 2 is 1.81 bits per heavy atom. The molecule has 0 aromatic heterocycles. The zero-order valence-corrected chi connectivity index (χ0v) is 7.55. The van der Waals surface area contributed by atoms with Crippen LogP contribution < -0.4 is 0 Å². The molecule has 0 amide bonds. The highest BCUT2D eigenvalue weighted by atomic mass is 19.1. The number of carboxylic acids is 1. The van der Waals surface area contributed by atoms with E-state index < -0.39 is 39.9 Å². The van der Waals surface area contributed by atoms with E-state index in [1.165, 1.54) is 0 Å². The van der Waals surface area contributed by atoms with E-state index in [-0.39, 0.29) is 0 Å². The number of carboxylic acid groups (broad SMARTS) is 1. The average molecular weight is 233 g/mol. The van der Waals surface area contributed by atoms with Gasteiger partial charge in [-0.2, -0.15) is 0 Å². The fourth-order valence-electron chi connectivity index (χ4n) is 1.06. The summed E-state index contributed by atoms with van der Waals surface area (Å²) in [5.74, 6) is -4.82. The summed E-state index contributed by atoms with van der Waals surface area (Å²) in [5, 5.41) is 27.5. The van der Waals surface area contributed by atoms with Gasteiger partial charge < -0.3 is 10.2 Å². The number of nitrogens with zero attached hydrogens (tertiary/aromatic N) is 1. The number of non-ortho nitro benzene ring substituents is 1. The molecule has 2 N–H and O–H groups in total. The van der Waals surface area contributed by atoms with Crippen LogP contribution >= 0.6 is 0 Å². The summed E-state index contributed by atoms with van der Waals surface area (Å²) in [5.41, 5.74) is -1.99. The van der Waals surface area contributed by atoms with E-state index >= 15 is 0 Å². The largest absolute Gasteiger partial charge is 0.479 e. The number of nitro groups is 1. The minimum absolute atomic E-state index is 0.338. The van der Waals surface area contributed by atoms with Crippen molar-refractivity contribution < 1.29 is 28.7 Å². The van der Waals surface area contributed by atoms with E-state index in [2.05, 4.69) is 0 Å². The molecule has 0 unspecified atom stereocenters. The molecule has 1 rings (SSSR count). The van der Waals surface area contributed by atoms with Gasteiger partial charge in [-0.05, 0) is 0 Å². The van der Waals surface area contributed by atoms with Gasteiger partial charge >= 0.3 is 5.97 Å². The highest BCUT2D eigenvalue weighted by molar-refractivity contribution is 5.74. The van der Waals surface area contributed by atoms with Crippen LogP contribution in [0.3, 0.4) is 0 Å². The van der Waals surface area contributed by atoms with E-state index in [0.29, 0.717) is 12.1 Å². The molecule has 0 heterocycles. The first-order chi connectivity index (χ1) is 7.34. The molecule has 0 aliphatic carbocycles. The predicted octanol–water partition coefficient (Wildman–Crippen LogP) is 0.991. The lowest BCUT2D eigenvalue weighted by molar-refractivity contribution is -0.385. The van der Waals surface area contributed by atoms with Gasteiger partial charge in [-0.1, -0.05) is 0 Å². The van der Waals surface area contributed by atoms with Crippen LogP contribution in [0.5, 0.6) is 0 Å². The zero-order valence-electron chi connectivity index (χ0n) is 7.55. The van der Waals surface area contributed by atoms with Gasteiger partial charge in [0.2, 0.25) is 0 Å². The fourth-order valence-corrected chi connectivity index (χ4v) is 1.06. The molecule has 0 saturated carbocycles. The summed E-state index contributed by atoms with van der Waals surface area (Å²) in [6.45, 7) is 0. The molecule has 86 valence electrons. The third-order valence-electron chi connectivity index (χ3n) is 1.78. The van der Waals surface area contributed by atoms with Gasteiger partial charge in [-0.15, -0.1) is 0 Å². The number of aliphatic carboxylic acids is 1. The molecule has 16 heavy (non-hydrogen) atoms. The number of halogens is 2. The van der Waals surface area contributed by atoms with E-state index in [1.807, 2.05) is 0 Å². The van der Waals surface area contributed by atoms with Crippen LogP contribution in [0.2, 0.25) is 0 Å². The number of hydrogen-bond acceptors (Lipinski definition) is 4. The molecule has 6 nitrogen and oxygen atoms in total. The van der Waals surface area contributed by atoms with Crippen LogP contribution in [0.1, 0.15) is 11.7 Å². The second-order valence-electron chi connectivity index (χ2n) is 2.82. The first kappa shape index (κ1) is 12.0. The molecule has 0 fully saturated rings. The Morgan fingerprint density at radius 1 is 1.38 bits per heavy atom. The molecule has 0 bridgehead atoms. The number of carbonyl (C=O) groups is 1. The summed E-state index contributed by atoms with van der Waals surface area (Å²) < 4.78 is 26.2. The number of aliphatic hydroxyl groups is 1. The lowest BCUT2D eigenvalue weighted by Gasteiger charge is -2.07. The van der Waals surface area contributed by atoms with E-state index in [9.17, 15) is 23.7 Å². The maximum absolute atomic E-state index is 13.1. The molecular formula is C8H5F2NO5. The number of nitro benzene ring substituents is 1. The van der Waals surface area contributed by atoms with E-state index in [1.54, 1.807) is 0 Å². The summed E-state index contributed by atoms with van der Waals surface area (Å²) in [6.07, 6.45) is -2.40. The Balaban J connectivity index is 3.33. The Bertz CT molecular complexity index is 439. The standard InChI is InChI=1S/C8H5F2NO5/c9-4-1-3(11(15)16)2-5(10)6(4)7(12)8(13)14/h1-2,7,12H,(H,13,14)/t7-/m0/s1. The molecule has 0 radical (unpaired) electrons. The Labute approximate surface area is 86.9 Å². The number of aliphatic hydroxyl groups excluding tert-OH is 1. The molecule has 0 spiro atoms. The highest BCUT2D eigenvalue weighted by Crippen LogP contribution is 2.25. The van der Waals surface area contributed by atoms with Crippen molar-refractivity contribution in [1.82, 2.24) is 0 Å². The van der Waals surface area contributed by atoms with Gasteiger partial charge in [0.25, 0.3) is 5.69 Å². The van der Waals surface area contributed by atoms with Gasteiger partial charge in [-0.25, -0.2) is 13.6 Å². The summed E-state index contributed by atoms with van der Waals surface area (Å²) in [4.78, 5) is 19.5. The minimum Gasteiger partial charge on any atom is -0.479 e. The van der Waals surface area contributed by atoms with Crippen molar-refractivity contribution in [3.63, 3.8) is 0 Å². The van der Waals surface area contributed by atoms with Crippen molar-refractivity contribution in [1.29, 1.82) is 0 Å². The van der Waals surface area contributed by atoms with Crippen LogP contribution in [0.25, 0.3) is 0 Å². The lowest BCUT2D eigenvalue weighted by Crippen LogP contribution is -2.14. The average Bonchev–Trinajstić information content (AvgIpc) is 2.15. The number of rotatable bonds is 3. The fraction of sp³-hybridized carbons (Fsp3) is 0.125. The van der Waals surface area contributed by atoms with E-state index in [0.717, 1.165) is 0 Å². The molecule has 0 aliphatic heterocycles. The van der Waals surface area contributed by atoms with Gasteiger partial charge in [0.05, 0.1) is 22.6 Å². The molecule has 8 heteroatoms. The second-order valence-corrected chi connectivity index (χ2v) is 2.82. The molecule has 1 atom stereocenters. The first-order valence-corrected chi connectivity index (χ1v) is 3.88. The summed E-state index contributed by atoms with van der Waals surface area (Å²) in [7, 11) is 0. The molecule has 1 aromatic carbocycles. The van der Waals surface area contributed by atoms with Gasteiger partial charge in [0, 0.05) is 0 Å². The van der Waals surface area contributed by atoms with Crippen molar-refractivity contribution in [2.75, 3.05) is 0 Å². The van der Waals surface area contributed by atoms with Crippen molar-refractivity contribution in [2.45, 2.75) is 6.10 Å². The van der Waals surface area contributed by atoms with Crippen LogP contribution in [0, 0.1) is 21.7 Å². The van der Waals surface area contributed by atoms with Gasteiger partial charge in [0.15, 0.2) is 6.10 Å². The number of benzene rings is 1. The Morgan fingerprint density at radius 3 is 2.12 bits per heavy atom. The van der Waals surface area contributed by atoms with Crippen molar-refractivity contribution in [3.8, 4) is 0 Å². The maximum Gasteiger partial charge on any atom is 0.337 e. The third kappa shape index (κ3) is 2.11. The van der Waals surface area contributed by atoms with Crippen molar-refractivity contribution in [3.05, 3.63) is 39.4 Å². The highest BCUT2D eigenvalue weighted by Gasteiger charge is 2.26. The van der Waals surface area contributed by atoms with Crippen LogP contribution in [0.4, 0.5) is 14.5 Å². The van der Waals surface area contributed by atoms with Crippen LogP contribution in [-0.4, -0.2) is 21.1 Å². The van der Waals surface area contributed by atoms with Crippen molar-refractivity contribution in [2.24, 2.45) is 0 Å². The lowest BCUT2D eigenvalue weighted by atomic mass is 10.1. The monoisotopic (exact) mass is 233 g/mol. The van der Waals surface area contributed by atoms with Crippen LogP contribution in [-0.2, 0) is 4.79 Å². The zero-order chi connectivity index (χ0) is 12.5. The normalized spacial score (nSPS) is 12.2. The van der Waals surface area contributed by atoms with Gasteiger partial charge in [-0.3, -0.25) is 10.1 Å². The smallest absolute Gasteiger partial charge is 0.337 e. The van der Waals surface area contributed by atoms with E-state index in [4.69, 9.17) is 10.2 Å². The topological polar surface area (TPSA) is 101 Å². The van der Waals surface area contributed by atoms with Gasteiger partial charge in [0.1, 0.15) is 11.6 Å². The quantitative estimate of drug-likeness (QED) is 0.598. The molecule has 0 saturated heterocycles. The minimum atomic E-state index is -2.40. The predicted molar refractivity (Wildman–Crippen MR) is 45.6 cm³/mol. The Kier molecular flexibility index (Phi) is 3.14. The molecule has 0 aliphatic rings. The van der Waals surface area contributed by atoms with Crippen LogP contribution in [0.15, 0.2) is 12.1 Å². The van der Waals surface area contributed by atoms with Crippen molar-refractivity contribution >= 4 is 11.7 Å². The third-order valence-corrected chi connectivity index (χ3v) is 1.78. The first-order valence-electron chi connectivity index (χ1n) is 3.88. The Hall–Kier alpha value is -2.09. The SMILES string of the molecule is O=C(O)[C@@H](O)c1c(F)cc([N+](=O)[O-])cc1F. The second kappa shape index (κ2) is 4.19. The maximum atomic E-state index is 13.1. The molecular weight excluding hydrogens is 228 g/mol. The summed E-state index contributed by atoms with van der Waals surface area (Å²) in [6, 6.07) is 0.676.